The Morgan fingerprint density at radius 2 is 2.22 bits per heavy atom. The Labute approximate surface area is 135 Å². The fraction of sp³-hybridized carbons (Fsp3) is 0.500. The summed E-state index contributed by atoms with van der Waals surface area (Å²) in [5.41, 5.74) is 1.56. The van der Waals surface area contributed by atoms with Crippen LogP contribution in [-0.4, -0.2) is 71.2 Å². The monoisotopic (exact) mass is 317 g/mol. The van der Waals surface area contributed by atoms with Gasteiger partial charge in [-0.25, -0.2) is 9.78 Å². The van der Waals surface area contributed by atoms with Crippen LogP contribution in [0.15, 0.2) is 30.7 Å². The molecular formula is C16H23N5O2. The number of carbonyl (C=O) groups is 1. The molecule has 1 saturated heterocycles. The van der Waals surface area contributed by atoms with Crippen molar-refractivity contribution in [3.8, 4) is 0 Å². The van der Waals surface area contributed by atoms with E-state index in [4.69, 9.17) is 4.74 Å². The van der Waals surface area contributed by atoms with E-state index in [1.807, 2.05) is 36.0 Å². The molecule has 0 saturated carbocycles. The van der Waals surface area contributed by atoms with Crippen molar-refractivity contribution in [3.05, 3.63) is 30.7 Å². The molecule has 1 aliphatic rings. The number of ether oxygens (including phenoxy) is 1. The smallest absolute Gasteiger partial charge is 0.321 e. The average molecular weight is 317 g/mol. The first kappa shape index (κ1) is 15.8. The quantitative estimate of drug-likeness (QED) is 0.929. The van der Waals surface area contributed by atoms with Gasteiger partial charge >= 0.3 is 6.03 Å². The maximum atomic E-state index is 12.4. The zero-order chi connectivity index (χ0) is 16.2. The Balaban J connectivity index is 1.57. The van der Waals surface area contributed by atoms with Gasteiger partial charge in [0.1, 0.15) is 5.65 Å². The van der Waals surface area contributed by atoms with Crippen LogP contribution < -0.4 is 5.32 Å². The van der Waals surface area contributed by atoms with Gasteiger partial charge in [-0.3, -0.25) is 4.90 Å². The lowest BCUT2D eigenvalue weighted by Gasteiger charge is -2.33. The molecule has 3 heterocycles. The summed E-state index contributed by atoms with van der Waals surface area (Å²) in [6.45, 7) is 6.31. The SMILES string of the molecule is CC(CN1CCOCC1)N(C)C(=O)Nc1ccn2ccnc2c1. The minimum atomic E-state index is -0.110. The minimum Gasteiger partial charge on any atom is -0.379 e. The molecule has 1 N–H and O–H groups in total. The third kappa shape index (κ3) is 3.80. The first-order valence-corrected chi connectivity index (χ1v) is 7.90. The van der Waals surface area contributed by atoms with Gasteiger partial charge in [0.15, 0.2) is 0 Å². The molecule has 1 aliphatic heterocycles. The number of likely N-dealkylation sites (N-methyl/N-ethyl adjacent to an activating group) is 1. The highest BCUT2D eigenvalue weighted by atomic mass is 16.5. The largest absolute Gasteiger partial charge is 0.379 e. The highest BCUT2D eigenvalue weighted by Crippen LogP contribution is 2.12. The second-order valence-electron chi connectivity index (χ2n) is 5.91. The number of rotatable bonds is 4. The summed E-state index contributed by atoms with van der Waals surface area (Å²) >= 11 is 0. The molecule has 124 valence electrons. The number of urea groups is 1. The van der Waals surface area contributed by atoms with Gasteiger partial charge in [0, 0.05) is 63.1 Å². The number of fused-ring (bicyclic) bond motifs is 1. The lowest BCUT2D eigenvalue weighted by molar-refractivity contribution is 0.0297. The van der Waals surface area contributed by atoms with Crippen LogP contribution in [-0.2, 0) is 4.74 Å². The van der Waals surface area contributed by atoms with Crippen molar-refractivity contribution in [1.29, 1.82) is 0 Å². The highest BCUT2D eigenvalue weighted by Gasteiger charge is 2.20. The number of morpholine rings is 1. The van der Waals surface area contributed by atoms with Gasteiger partial charge < -0.3 is 19.4 Å². The second-order valence-corrected chi connectivity index (χ2v) is 5.91. The summed E-state index contributed by atoms with van der Waals surface area (Å²) in [4.78, 5) is 20.7. The molecule has 0 spiro atoms. The Kier molecular flexibility index (Phi) is 4.78. The molecule has 2 aromatic rings. The zero-order valence-corrected chi connectivity index (χ0v) is 13.6. The lowest BCUT2D eigenvalue weighted by atomic mass is 10.2. The van der Waals surface area contributed by atoms with Gasteiger partial charge in [-0.05, 0) is 13.0 Å². The van der Waals surface area contributed by atoms with Gasteiger partial charge in [-0.2, -0.15) is 0 Å². The van der Waals surface area contributed by atoms with Crippen LogP contribution >= 0.6 is 0 Å². The summed E-state index contributed by atoms with van der Waals surface area (Å²) in [6.07, 6.45) is 5.49. The Bertz CT molecular complexity index is 665. The normalized spacial score (nSPS) is 17.1. The van der Waals surface area contributed by atoms with Gasteiger partial charge in [0.05, 0.1) is 13.2 Å². The first-order chi connectivity index (χ1) is 11.1. The predicted molar refractivity (Wildman–Crippen MR) is 88.7 cm³/mol. The van der Waals surface area contributed by atoms with Gasteiger partial charge in [-0.15, -0.1) is 0 Å². The number of anilines is 1. The molecule has 2 aromatic heterocycles. The summed E-state index contributed by atoms with van der Waals surface area (Å²) in [6, 6.07) is 3.75. The molecular weight excluding hydrogens is 294 g/mol. The number of amides is 2. The Morgan fingerprint density at radius 1 is 1.43 bits per heavy atom. The van der Waals surface area contributed by atoms with Gasteiger partial charge in [0.2, 0.25) is 0 Å². The number of imidazole rings is 1. The second kappa shape index (κ2) is 6.97. The molecule has 0 aliphatic carbocycles. The van der Waals surface area contributed by atoms with E-state index in [1.165, 1.54) is 0 Å². The third-order valence-electron chi connectivity index (χ3n) is 4.26. The van der Waals surface area contributed by atoms with Crippen molar-refractivity contribution in [2.75, 3.05) is 45.2 Å². The van der Waals surface area contributed by atoms with Gasteiger partial charge in [-0.1, -0.05) is 0 Å². The molecule has 1 atom stereocenters. The summed E-state index contributed by atoms with van der Waals surface area (Å²) in [5.74, 6) is 0. The molecule has 0 bridgehead atoms. The highest BCUT2D eigenvalue weighted by molar-refractivity contribution is 5.89. The van der Waals surface area contributed by atoms with E-state index in [1.54, 1.807) is 11.1 Å². The molecule has 1 unspecified atom stereocenters. The Morgan fingerprint density at radius 3 is 3.00 bits per heavy atom. The zero-order valence-electron chi connectivity index (χ0n) is 13.6. The summed E-state index contributed by atoms with van der Waals surface area (Å²) < 4.78 is 7.26. The fourth-order valence-electron chi connectivity index (χ4n) is 2.68. The van der Waals surface area contributed by atoms with E-state index in [0.29, 0.717) is 0 Å². The van der Waals surface area contributed by atoms with Crippen molar-refractivity contribution >= 4 is 17.4 Å². The molecule has 23 heavy (non-hydrogen) atoms. The minimum absolute atomic E-state index is 0.110. The number of carbonyl (C=O) groups excluding carboxylic acids is 1. The predicted octanol–water partition coefficient (Wildman–Crippen LogP) is 1.52. The molecule has 2 amide bonds. The molecule has 1 fully saturated rings. The molecule has 0 radical (unpaired) electrons. The summed E-state index contributed by atoms with van der Waals surface area (Å²) in [7, 11) is 1.83. The first-order valence-electron chi connectivity index (χ1n) is 7.90. The number of hydrogen-bond donors (Lipinski definition) is 1. The van der Waals surface area contributed by atoms with Crippen LogP contribution in [0.1, 0.15) is 6.92 Å². The lowest BCUT2D eigenvalue weighted by Crippen LogP contribution is -2.47. The maximum Gasteiger partial charge on any atom is 0.321 e. The van der Waals surface area contributed by atoms with Crippen molar-refractivity contribution in [1.82, 2.24) is 19.2 Å². The Hall–Kier alpha value is -2.12. The number of nitrogens with one attached hydrogen (secondary N) is 1. The van der Waals surface area contributed by atoms with E-state index in [2.05, 4.69) is 22.1 Å². The van der Waals surface area contributed by atoms with Crippen LogP contribution in [0.5, 0.6) is 0 Å². The van der Waals surface area contributed by atoms with Gasteiger partial charge in [0.25, 0.3) is 0 Å². The van der Waals surface area contributed by atoms with Crippen LogP contribution in [0, 0.1) is 0 Å². The third-order valence-corrected chi connectivity index (χ3v) is 4.26. The van der Waals surface area contributed by atoms with E-state index < -0.39 is 0 Å². The van der Waals surface area contributed by atoms with Crippen LogP contribution in [0.4, 0.5) is 10.5 Å². The number of pyridine rings is 1. The average Bonchev–Trinajstić information content (AvgIpc) is 3.02. The molecule has 7 nitrogen and oxygen atoms in total. The van der Waals surface area contributed by atoms with Crippen LogP contribution in [0.2, 0.25) is 0 Å². The fourth-order valence-corrected chi connectivity index (χ4v) is 2.68. The summed E-state index contributed by atoms with van der Waals surface area (Å²) in [5, 5.41) is 2.93. The van der Waals surface area contributed by atoms with Crippen molar-refractivity contribution in [3.63, 3.8) is 0 Å². The number of hydrogen-bond acceptors (Lipinski definition) is 4. The van der Waals surface area contributed by atoms with E-state index in [-0.39, 0.29) is 12.1 Å². The topological polar surface area (TPSA) is 62.1 Å². The van der Waals surface area contributed by atoms with Crippen molar-refractivity contribution in [2.45, 2.75) is 13.0 Å². The van der Waals surface area contributed by atoms with Crippen molar-refractivity contribution < 1.29 is 9.53 Å². The van der Waals surface area contributed by atoms with E-state index >= 15 is 0 Å². The number of aromatic nitrogens is 2. The molecule has 0 aromatic carbocycles. The van der Waals surface area contributed by atoms with Crippen molar-refractivity contribution in [2.24, 2.45) is 0 Å². The standard InChI is InChI=1S/C16H23N5O2/c1-13(12-20-7-9-23-10-8-20)19(2)16(22)18-14-3-5-21-6-4-17-15(21)11-14/h3-6,11,13H,7-10,12H2,1-2H3,(H,18,22). The van der Waals surface area contributed by atoms with Crippen LogP contribution in [0.25, 0.3) is 5.65 Å². The van der Waals surface area contributed by atoms with E-state index in [0.717, 1.165) is 44.2 Å². The maximum absolute atomic E-state index is 12.4. The van der Waals surface area contributed by atoms with Crippen LogP contribution in [0.3, 0.4) is 0 Å². The molecule has 3 rings (SSSR count). The van der Waals surface area contributed by atoms with E-state index in [9.17, 15) is 4.79 Å². The number of nitrogens with zero attached hydrogens (tertiary/aromatic N) is 4. The molecule has 7 heteroatoms.